The van der Waals surface area contributed by atoms with Crippen molar-refractivity contribution in [1.29, 1.82) is 0 Å². The molecule has 7 heteroatoms. The van der Waals surface area contributed by atoms with Gasteiger partial charge in [-0.2, -0.15) is 0 Å². The summed E-state index contributed by atoms with van der Waals surface area (Å²) in [5.41, 5.74) is 2.73. The summed E-state index contributed by atoms with van der Waals surface area (Å²) in [4.78, 5) is 24.3. The highest BCUT2D eigenvalue weighted by Crippen LogP contribution is 2.15. The molecule has 0 aliphatic carbocycles. The van der Waals surface area contributed by atoms with Gasteiger partial charge < -0.3 is 9.73 Å². The molecule has 0 unspecified atom stereocenters. The van der Waals surface area contributed by atoms with Crippen LogP contribution in [0.4, 0.5) is 0 Å². The van der Waals surface area contributed by atoms with Crippen molar-refractivity contribution in [1.82, 2.24) is 15.6 Å². The van der Waals surface area contributed by atoms with Gasteiger partial charge in [0.25, 0.3) is 0 Å². The first-order valence-corrected chi connectivity index (χ1v) is 5.47. The fourth-order valence-corrected chi connectivity index (χ4v) is 1.56. The second-order valence-corrected chi connectivity index (χ2v) is 4.04. The topological polar surface area (TPSA) is 101 Å². The number of nitrogens with one attached hydrogen (secondary N) is 2. The van der Waals surface area contributed by atoms with Crippen molar-refractivity contribution < 1.29 is 14.0 Å². The van der Waals surface area contributed by atoms with Gasteiger partial charge in [-0.1, -0.05) is 0 Å². The van der Waals surface area contributed by atoms with Crippen molar-refractivity contribution in [3.8, 4) is 0 Å². The average molecular weight is 254 g/mol. The molecular weight excluding hydrogens is 236 g/mol. The normalized spacial score (nSPS) is 10.5. The number of hydrogen-bond acceptors (Lipinski definition) is 5. The Morgan fingerprint density at radius 2 is 2.17 bits per heavy atom. The Kier molecular flexibility index (Phi) is 4.87. The first-order valence-electron chi connectivity index (χ1n) is 5.47. The number of nitrogens with zero attached hydrogens (tertiary/aromatic N) is 1. The molecule has 0 radical (unpaired) electrons. The fourth-order valence-electron chi connectivity index (χ4n) is 1.56. The molecule has 18 heavy (non-hydrogen) atoms. The number of hydrogen-bond donors (Lipinski definition) is 3. The molecule has 0 atom stereocenters. The lowest BCUT2D eigenvalue weighted by Gasteiger charge is -2.13. The van der Waals surface area contributed by atoms with E-state index in [0.717, 1.165) is 0 Å². The molecule has 0 aliphatic rings. The Hall–Kier alpha value is -1.86. The summed E-state index contributed by atoms with van der Waals surface area (Å²) in [6.07, 6.45) is 0. The Bertz CT molecular complexity index is 441. The van der Waals surface area contributed by atoms with Crippen LogP contribution in [-0.4, -0.2) is 37.4 Å². The van der Waals surface area contributed by atoms with E-state index in [1.54, 1.807) is 32.0 Å². The standard InChI is InChI=1S/C11H18N4O3/c1-7-4-8(18-10(7)11(17)14-12)5-15(3)6-9(16)13-2/h4H,5-6,12H2,1-3H3,(H,13,16)(H,14,17). The number of likely N-dealkylation sites (N-methyl/N-ethyl adjacent to an activating group) is 2. The van der Waals surface area contributed by atoms with Crippen molar-refractivity contribution in [2.24, 2.45) is 5.84 Å². The third-order valence-corrected chi connectivity index (χ3v) is 2.42. The van der Waals surface area contributed by atoms with E-state index in [0.29, 0.717) is 17.9 Å². The second kappa shape index (κ2) is 6.18. The zero-order chi connectivity index (χ0) is 13.7. The van der Waals surface area contributed by atoms with Gasteiger partial charge in [0.2, 0.25) is 5.91 Å². The van der Waals surface area contributed by atoms with E-state index in [4.69, 9.17) is 10.3 Å². The van der Waals surface area contributed by atoms with Crippen LogP contribution >= 0.6 is 0 Å². The molecule has 100 valence electrons. The van der Waals surface area contributed by atoms with E-state index in [9.17, 15) is 9.59 Å². The van der Waals surface area contributed by atoms with E-state index < -0.39 is 5.91 Å². The summed E-state index contributed by atoms with van der Waals surface area (Å²) in [6.45, 7) is 2.46. The van der Waals surface area contributed by atoms with E-state index in [-0.39, 0.29) is 18.2 Å². The molecule has 0 fully saturated rings. The molecular formula is C11H18N4O3. The first kappa shape index (κ1) is 14.2. The molecule has 7 nitrogen and oxygen atoms in total. The summed E-state index contributed by atoms with van der Waals surface area (Å²) in [7, 11) is 3.37. The van der Waals surface area contributed by atoms with Gasteiger partial charge in [-0.15, -0.1) is 0 Å². The fraction of sp³-hybridized carbons (Fsp3) is 0.455. The molecule has 1 rings (SSSR count). The number of hydrazine groups is 1. The third kappa shape index (κ3) is 3.57. The molecule has 1 aromatic heterocycles. The minimum Gasteiger partial charge on any atom is -0.454 e. The van der Waals surface area contributed by atoms with Crippen molar-refractivity contribution >= 4 is 11.8 Å². The van der Waals surface area contributed by atoms with Crippen LogP contribution in [0.5, 0.6) is 0 Å². The maximum Gasteiger partial charge on any atom is 0.301 e. The predicted molar refractivity (Wildman–Crippen MR) is 65.5 cm³/mol. The van der Waals surface area contributed by atoms with Gasteiger partial charge in [0.05, 0.1) is 13.1 Å². The molecule has 0 saturated carbocycles. The second-order valence-electron chi connectivity index (χ2n) is 4.04. The van der Waals surface area contributed by atoms with Crippen LogP contribution in [0.3, 0.4) is 0 Å². The largest absolute Gasteiger partial charge is 0.454 e. The summed E-state index contributed by atoms with van der Waals surface area (Å²) < 4.78 is 5.39. The maximum absolute atomic E-state index is 11.3. The highest BCUT2D eigenvalue weighted by molar-refractivity contribution is 5.92. The number of aryl methyl sites for hydroxylation is 1. The quantitative estimate of drug-likeness (QED) is 0.369. The molecule has 0 spiro atoms. The lowest BCUT2D eigenvalue weighted by molar-refractivity contribution is -0.121. The minimum absolute atomic E-state index is 0.0827. The SMILES string of the molecule is CNC(=O)CN(C)Cc1cc(C)c(C(=O)NN)o1. The van der Waals surface area contributed by atoms with Gasteiger partial charge in [-0.3, -0.25) is 19.9 Å². The molecule has 0 saturated heterocycles. The predicted octanol–water partition coefficient (Wildman–Crippen LogP) is -0.631. The molecule has 0 aromatic carbocycles. The van der Waals surface area contributed by atoms with Gasteiger partial charge in [-0.25, -0.2) is 5.84 Å². The monoisotopic (exact) mass is 254 g/mol. The van der Waals surface area contributed by atoms with Crippen LogP contribution < -0.4 is 16.6 Å². The smallest absolute Gasteiger partial charge is 0.301 e. The molecule has 0 aliphatic heterocycles. The van der Waals surface area contributed by atoms with Crippen molar-refractivity contribution in [2.75, 3.05) is 20.6 Å². The highest BCUT2D eigenvalue weighted by Gasteiger charge is 2.16. The zero-order valence-electron chi connectivity index (χ0n) is 10.7. The lowest BCUT2D eigenvalue weighted by atomic mass is 10.2. The van der Waals surface area contributed by atoms with Crippen LogP contribution in [0.15, 0.2) is 10.5 Å². The number of amides is 2. The Morgan fingerprint density at radius 3 is 2.72 bits per heavy atom. The minimum atomic E-state index is -0.465. The first-order chi connectivity index (χ1) is 8.47. The van der Waals surface area contributed by atoms with Crippen LogP contribution in [-0.2, 0) is 11.3 Å². The van der Waals surface area contributed by atoms with Gasteiger partial charge in [0.1, 0.15) is 5.76 Å². The Balaban J connectivity index is 2.68. The van der Waals surface area contributed by atoms with Crippen molar-refractivity contribution in [2.45, 2.75) is 13.5 Å². The van der Waals surface area contributed by atoms with Crippen LogP contribution in [0.1, 0.15) is 21.9 Å². The van der Waals surface area contributed by atoms with E-state index in [1.165, 1.54) is 0 Å². The highest BCUT2D eigenvalue weighted by atomic mass is 16.4. The molecule has 1 heterocycles. The number of carbonyl (C=O) groups excluding carboxylic acids is 2. The van der Waals surface area contributed by atoms with Crippen molar-refractivity contribution in [3.63, 3.8) is 0 Å². The number of nitrogen functional groups attached to an aromatic ring is 1. The van der Waals surface area contributed by atoms with Gasteiger partial charge in [-0.05, 0) is 20.0 Å². The van der Waals surface area contributed by atoms with Crippen molar-refractivity contribution in [3.05, 3.63) is 23.2 Å². The number of nitrogens with two attached hydrogens (primary N) is 1. The summed E-state index contributed by atoms with van der Waals surface area (Å²) in [5, 5.41) is 2.53. The van der Waals surface area contributed by atoms with Gasteiger partial charge >= 0.3 is 5.91 Å². The van der Waals surface area contributed by atoms with E-state index in [2.05, 4.69) is 5.32 Å². The number of furan rings is 1. The van der Waals surface area contributed by atoms with Gasteiger partial charge in [0, 0.05) is 12.6 Å². The molecule has 4 N–H and O–H groups in total. The maximum atomic E-state index is 11.3. The summed E-state index contributed by atoms with van der Waals surface area (Å²) in [5.74, 6) is 5.30. The van der Waals surface area contributed by atoms with E-state index >= 15 is 0 Å². The summed E-state index contributed by atoms with van der Waals surface area (Å²) >= 11 is 0. The Labute approximate surface area is 105 Å². The summed E-state index contributed by atoms with van der Waals surface area (Å²) in [6, 6.07) is 1.75. The van der Waals surface area contributed by atoms with Crippen LogP contribution in [0.25, 0.3) is 0 Å². The molecule has 1 aromatic rings. The molecule has 2 amide bonds. The van der Waals surface area contributed by atoms with E-state index in [1.807, 2.05) is 5.43 Å². The van der Waals surface area contributed by atoms with Crippen LogP contribution in [0.2, 0.25) is 0 Å². The lowest BCUT2D eigenvalue weighted by Crippen LogP contribution is -2.32. The number of carbonyl (C=O) groups is 2. The number of rotatable bonds is 5. The molecule has 0 bridgehead atoms. The van der Waals surface area contributed by atoms with Gasteiger partial charge in [0.15, 0.2) is 5.76 Å². The zero-order valence-corrected chi connectivity index (χ0v) is 10.7. The Morgan fingerprint density at radius 1 is 1.50 bits per heavy atom. The third-order valence-electron chi connectivity index (χ3n) is 2.42. The van der Waals surface area contributed by atoms with Crippen LogP contribution in [0, 0.1) is 6.92 Å². The average Bonchev–Trinajstić information content (AvgIpc) is 2.68.